The highest BCUT2D eigenvalue weighted by Gasteiger charge is 2.57. The summed E-state index contributed by atoms with van der Waals surface area (Å²) in [6, 6.07) is 9.94. The molecule has 0 atom stereocenters. The maximum absolute atomic E-state index is 12.2. The van der Waals surface area contributed by atoms with Crippen LogP contribution >= 0.6 is 0 Å². The summed E-state index contributed by atoms with van der Waals surface area (Å²) < 4.78 is 1.95. The van der Waals surface area contributed by atoms with Gasteiger partial charge in [0.15, 0.2) is 0 Å². The SMILES string of the molecule is O=C(O)C1(C(=O)NCc2nn(-c3ccccc3)c3c2CCC3)CC1. The number of fused-ring (bicyclic) bond motifs is 1. The fourth-order valence-electron chi connectivity index (χ4n) is 3.43. The van der Waals surface area contributed by atoms with Gasteiger partial charge in [0.1, 0.15) is 5.41 Å². The lowest BCUT2D eigenvalue weighted by molar-refractivity contribution is -0.149. The Hall–Kier alpha value is -2.63. The third kappa shape index (κ3) is 2.29. The molecule has 0 unspecified atom stereocenters. The molecule has 0 radical (unpaired) electrons. The lowest BCUT2D eigenvalue weighted by Crippen LogP contribution is -2.36. The molecule has 2 N–H and O–H groups in total. The highest BCUT2D eigenvalue weighted by Crippen LogP contribution is 2.46. The first kappa shape index (κ1) is 14.9. The highest BCUT2D eigenvalue weighted by atomic mass is 16.4. The van der Waals surface area contributed by atoms with E-state index in [1.54, 1.807) is 0 Å². The molecule has 0 bridgehead atoms. The molecule has 1 aromatic heterocycles. The highest BCUT2D eigenvalue weighted by molar-refractivity contribution is 6.04. The number of nitrogens with one attached hydrogen (secondary N) is 1. The van der Waals surface area contributed by atoms with E-state index in [1.807, 2.05) is 35.0 Å². The van der Waals surface area contributed by atoms with E-state index in [0.29, 0.717) is 12.8 Å². The molecule has 124 valence electrons. The topological polar surface area (TPSA) is 84.2 Å². The van der Waals surface area contributed by atoms with Crippen molar-refractivity contribution in [1.82, 2.24) is 15.1 Å². The molecular formula is C18H19N3O3. The summed E-state index contributed by atoms with van der Waals surface area (Å²) in [6.07, 6.45) is 3.86. The number of carboxylic acids is 1. The fourth-order valence-corrected chi connectivity index (χ4v) is 3.43. The summed E-state index contributed by atoms with van der Waals surface area (Å²) in [5.74, 6) is -1.42. The molecule has 2 aromatic rings. The Morgan fingerprint density at radius 2 is 1.96 bits per heavy atom. The predicted molar refractivity (Wildman–Crippen MR) is 86.7 cm³/mol. The van der Waals surface area contributed by atoms with Crippen molar-refractivity contribution in [3.8, 4) is 5.69 Å². The van der Waals surface area contributed by atoms with E-state index in [0.717, 1.165) is 30.6 Å². The van der Waals surface area contributed by atoms with Crippen LogP contribution in [0.2, 0.25) is 0 Å². The molecule has 24 heavy (non-hydrogen) atoms. The largest absolute Gasteiger partial charge is 0.480 e. The number of aromatic nitrogens is 2. The Morgan fingerprint density at radius 1 is 1.21 bits per heavy atom. The lowest BCUT2D eigenvalue weighted by atomic mass is 10.1. The lowest BCUT2D eigenvalue weighted by Gasteiger charge is -2.10. The van der Waals surface area contributed by atoms with E-state index in [4.69, 9.17) is 0 Å². The van der Waals surface area contributed by atoms with Crippen LogP contribution in [-0.4, -0.2) is 26.8 Å². The third-order valence-electron chi connectivity index (χ3n) is 5.02. The van der Waals surface area contributed by atoms with Gasteiger partial charge in [-0.1, -0.05) is 18.2 Å². The Morgan fingerprint density at radius 3 is 2.62 bits per heavy atom. The Labute approximate surface area is 139 Å². The van der Waals surface area contributed by atoms with Crippen molar-refractivity contribution in [2.75, 3.05) is 0 Å². The molecule has 1 heterocycles. The van der Waals surface area contributed by atoms with Gasteiger partial charge < -0.3 is 10.4 Å². The number of hydrogen-bond acceptors (Lipinski definition) is 3. The summed E-state index contributed by atoms with van der Waals surface area (Å²) in [4.78, 5) is 23.4. The normalized spacial score (nSPS) is 17.3. The van der Waals surface area contributed by atoms with Crippen molar-refractivity contribution >= 4 is 11.9 Å². The van der Waals surface area contributed by atoms with Crippen LogP contribution < -0.4 is 5.32 Å². The van der Waals surface area contributed by atoms with Crippen molar-refractivity contribution in [3.63, 3.8) is 0 Å². The van der Waals surface area contributed by atoms with E-state index in [9.17, 15) is 14.7 Å². The number of rotatable bonds is 5. The van der Waals surface area contributed by atoms with Gasteiger partial charge in [0.25, 0.3) is 0 Å². The predicted octanol–water partition coefficient (Wildman–Crippen LogP) is 1.84. The van der Waals surface area contributed by atoms with Crippen molar-refractivity contribution < 1.29 is 14.7 Å². The zero-order valence-corrected chi connectivity index (χ0v) is 13.3. The summed E-state index contributed by atoms with van der Waals surface area (Å²) >= 11 is 0. The zero-order chi connectivity index (χ0) is 16.7. The second-order valence-corrected chi connectivity index (χ2v) is 6.54. The number of benzene rings is 1. The molecule has 1 fully saturated rings. The van der Waals surface area contributed by atoms with Crippen LogP contribution in [-0.2, 0) is 29.0 Å². The number of aliphatic carboxylic acids is 1. The molecule has 2 aliphatic rings. The summed E-state index contributed by atoms with van der Waals surface area (Å²) in [5.41, 5.74) is 3.05. The average Bonchev–Trinajstić information content (AvgIpc) is 3.15. The number of para-hydroxylation sites is 1. The van der Waals surface area contributed by atoms with Crippen molar-refractivity contribution in [2.24, 2.45) is 5.41 Å². The number of nitrogens with zero attached hydrogens (tertiary/aromatic N) is 2. The van der Waals surface area contributed by atoms with Crippen molar-refractivity contribution in [2.45, 2.75) is 38.6 Å². The van der Waals surface area contributed by atoms with Gasteiger partial charge in [-0.25, -0.2) is 4.68 Å². The molecule has 6 heteroatoms. The van der Waals surface area contributed by atoms with Crippen LogP contribution in [0.3, 0.4) is 0 Å². The van der Waals surface area contributed by atoms with E-state index in [2.05, 4.69) is 10.4 Å². The molecule has 2 aliphatic carbocycles. The standard InChI is InChI=1S/C18H19N3O3/c22-16(18(9-10-18)17(23)24)19-11-14-13-7-4-8-15(13)21(20-14)12-5-2-1-3-6-12/h1-3,5-6H,4,7-11H2,(H,19,22)(H,23,24). The van der Waals surface area contributed by atoms with Crippen LogP contribution in [0, 0.1) is 5.41 Å². The number of carboxylic acid groups (broad SMARTS) is 1. The van der Waals surface area contributed by atoms with E-state index in [-0.39, 0.29) is 6.54 Å². The molecule has 1 amide bonds. The first-order valence-corrected chi connectivity index (χ1v) is 8.28. The first-order valence-electron chi connectivity index (χ1n) is 8.28. The summed E-state index contributed by atoms with van der Waals surface area (Å²) in [6.45, 7) is 0.288. The van der Waals surface area contributed by atoms with E-state index >= 15 is 0 Å². The van der Waals surface area contributed by atoms with Gasteiger partial charge in [-0.15, -0.1) is 0 Å². The molecule has 0 saturated heterocycles. The van der Waals surface area contributed by atoms with Gasteiger partial charge in [0.2, 0.25) is 5.91 Å². The van der Waals surface area contributed by atoms with Crippen molar-refractivity contribution in [1.29, 1.82) is 0 Å². The van der Waals surface area contributed by atoms with E-state index < -0.39 is 17.3 Å². The smallest absolute Gasteiger partial charge is 0.319 e. The van der Waals surface area contributed by atoms with Crippen LogP contribution in [0.15, 0.2) is 30.3 Å². The second-order valence-electron chi connectivity index (χ2n) is 6.54. The average molecular weight is 325 g/mol. The van der Waals surface area contributed by atoms with Gasteiger partial charge in [-0.2, -0.15) is 5.10 Å². The molecular weight excluding hydrogens is 306 g/mol. The Bertz CT molecular complexity index is 806. The number of hydrogen-bond donors (Lipinski definition) is 2. The molecule has 0 spiro atoms. The molecule has 1 aromatic carbocycles. The van der Waals surface area contributed by atoms with E-state index in [1.165, 1.54) is 11.3 Å². The Balaban J connectivity index is 1.57. The van der Waals surface area contributed by atoms with Crippen molar-refractivity contribution in [3.05, 3.63) is 47.3 Å². The van der Waals surface area contributed by atoms with Gasteiger partial charge in [-0.05, 0) is 49.8 Å². The van der Waals surface area contributed by atoms with Gasteiger partial charge in [0, 0.05) is 5.69 Å². The molecule has 0 aliphatic heterocycles. The number of carbonyl (C=O) groups excluding carboxylic acids is 1. The van der Waals surface area contributed by atoms with Crippen LogP contribution in [0.1, 0.15) is 36.2 Å². The maximum Gasteiger partial charge on any atom is 0.319 e. The fraction of sp³-hybridized carbons (Fsp3) is 0.389. The van der Waals surface area contributed by atoms with Crippen LogP contribution in [0.4, 0.5) is 0 Å². The summed E-state index contributed by atoms with van der Waals surface area (Å²) in [5, 5.41) is 16.7. The minimum absolute atomic E-state index is 0.288. The quantitative estimate of drug-likeness (QED) is 0.822. The van der Waals surface area contributed by atoms with Crippen LogP contribution in [0.5, 0.6) is 0 Å². The minimum Gasteiger partial charge on any atom is -0.480 e. The van der Waals surface area contributed by atoms with Gasteiger partial charge in [-0.3, -0.25) is 9.59 Å². The Kier molecular flexibility index (Phi) is 3.40. The molecule has 4 rings (SSSR count). The maximum atomic E-state index is 12.2. The minimum atomic E-state index is -1.20. The number of carbonyl (C=O) groups is 2. The monoisotopic (exact) mass is 325 g/mol. The first-order chi connectivity index (χ1) is 11.6. The van der Waals surface area contributed by atoms with Crippen LogP contribution in [0.25, 0.3) is 5.69 Å². The number of amides is 1. The second kappa shape index (κ2) is 5.47. The van der Waals surface area contributed by atoms with Gasteiger partial charge in [0.05, 0.1) is 17.9 Å². The molecule has 1 saturated carbocycles. The summed E-state index contributed by atoms with van der Waals surface area (Å²) in [7, 11) is 0. The molecule has 6 nitrogen and oxygen atoms in total. The third-order valence-corrected chi connectivity index (χ3v) is 5.02. The van der Waals surface area contributed by atoms with Gasteiger partial charge >= 0.3 is 5.97 Å². The zero-order valence-electron chi connectivity index (χ0n) is 13.3.